The zero-order valence-corrected chi connectivity index (χ0v) is 11.5. The number of aromatic nitrogens is 1. The maximum absolute atomic E-state index is 12.0. The summed E-state index contributed by atoms with van der Waals surface area (Å²) in [5.74, 6) is 0.348. The fraction of sp³-hybridized carbons (Fsp3) is 0.600. The third-order valence-corrected chi connectivity index (χ3v) is 3.78. The van der Waals surface area contributed by atoms with Crippen LogP contribution in [0.4, 0.5) is 0 Å². The fourth-order valence-electron chi connectivity index (χ4n) is 2.56. The minimum absolute atomic E-state index is 0.162. The normalized spacial score (nSPS) is 23.0. The number of nitrogens with one attached hydrogen (secondary N) is 1. The van der Waals surface area contributed by atoms with Gasteiger partial charge in [0.25, 0.3) is 0 Å². The van der Waals surface area contributed by atoms with Crippen molar-refractivity contribution in [1.82, 2.24) is 10.3 Å². The van der Waals surface area contributed by atoms with E-state index in [9.17, 15) is 4.79 Å². The highest BCUT2D eigenvalue weighted by molar-refractivity contribution is 5.78. The van der Waals surface area contributed by atoms with Crippen molar-refractivity contribution < 1.29 is 9.53 Å². The van der Waals surface area contributed by atoms with Crippen molar-refractivity contribution in [2.45, 2.75) is 38.2 Å². The van der Waals surface area contributed by atoms with Gasteiger partial charge in [0.05, 0.1) is 6.10 Å². The Morgan fingerprint density at radius 1 is 1.37 bits per heavy atom. The van der Waals surface area contributed by atoms with Gasteiger partial charge >= 0.3 is 0 Å². The summed E-state index contributed by atoms with van der Waals surface area (Å²) in [4.78, 5) is 16.3. The number of ether oxygens (including phenoxy) is 1. The molecule has 1 fully saturated rings. The topological polar surface area (TPSA) is 51.2 Å². The van der Waals surface area contributed by atoms with Crippen molar-refractivity contribution in [2.75, 3.05) is 13.7 Å². The van der Waals surface area contributed by atoms with Gasteiger partial charge in [-0.25, -0.2) is 0 Å². The molecule has 1 N–H and O–H groups in total. The van der Waals surface area contributed by atoms with Crippen LogP contribution in [0.25, 0.3) is 0 Å². The average Bonchev–Trinajstić information content (AvgIpc) is 2.48. The highest BCUT2D eigenvalue weighted by Gasteiger charge is 2.25. The zero-order valence-electron chi connectivity index (χ0n) is 11.5. The van der Waals surface area contributed by atoms with Crippen LogP contribution in [0.15, 0.2) is 24.4 Å². The Hall–Kier alpha value is -1.42. The molecule has 1 saturated carbocycles. The third-order valence-electron chi connectivity index (χ3n) is 3.78. The van der Waals surface area contributed by atoms with Crippen molar-refractivity contribution in [2.24, 2.45) is 5.92 Å². The summed E-state index contributed by atoms with van der Waals surface area (Å²) in [7, 11) is 1.75. The van der Waals surface area contributed by atoms with Crippen molar-refractivity contribution in [3.05, 3.63) is 30.1 Å². The van der Waals surface area contributed by atoms with E-state index in [0.29, 0.717) is 12.6 Å². The second kappa shape index (κ2) is 7.24. The molecule has 1 heterocycles. The van der Waals surface area contributed by atoms with Crippen molar-refractivity contribution in [3.8, 4) is 0 Å². The molecule has 0 spiro atoms. The van der Waals surface area contributed by atoms with E-state index in [1.54, 1.807) is 13.3 Å². The molecule has 1 aromatic heterocycles. The summed E-state index contributed by atoms with van der Waals surface area (Å²) < 4.78 is 5.32. The summed E-state index contributed by atoms with van der Waals surface area (Å²) in [6, 6.07) is 5.85. The van der Waals surface area contributed by atoms with E-state index in [0.717, 1.165) is 37.8 Å². The van der Waals surface area contributed by atoms with E-state index < -0.39 is 0 Å². The summed E-state index contributed by atoms with van der Waals surface area (Å²) in [5.41, 5.74) is 1.02. The molecule has 0 radical (unpaired) electrons. The van der Waals surface area contributed by atoms with E-state index in [1.165, 1.54) is 0 Å². The van der Waals surface area contributed by atoms with E-state index >= 15 is 0 Å². The fourth-order valence-corrected chi connectivity index (χ4v) is 2.56. The molecule has 19 heavy (non-hydrogen) atoms. The Kier molecular flexibility index (Phi) is 5.33. The van der Waals surface area contributed by atoms with Crippen LogP contribution in [0, 0.1) is 5.92 Å². The first-order chi connectivity index (χ1) is 9.29. The molecular weight excluding hydrogens is 240 g/mol. The lowest BCUT2D eigenvalue weighted by Crippen LogP contribution is -2.35. The second-order valence-corrected chi connectivity index (χ2v) is 5.07. The molecule has 0 bridgehead atoms. The third kappa shape index (κ3) is 4.31. The number of nitrogens with zero attached hydrogens (tertiary/aromatic N) is 1. The first kappa shape index (κ1) is 14.0. The van der Waals surface area contributed by atoms with Crippen molar-refractivity contribution in [1.29, 1.82) is 0 Å². The lowest BCUT2D eigenvalue weighted by molar-refractivity contribution is -0.126. The van der Waals surface area contributed by atoms with Crippen LogP contribution < -0.4 is 5.32 Å². The molecule has 1 amide bonds. The molecule has 0 unspecified atom stereocenters. The van der Waals surface area contributed by atoms with E-state index in [-0.39, 0.29) is 11.8 Å². The number of hydrogen-bond acceptors (Lipinski definition) is 3. The van der Waals surface area contributed by atoms with E-state index in [4.69, 9.17) is 4.74 Å². The number of amides is 1. The first-order valence-electron chi connectivity index (χ1n) is 7.00. The highest BCUT2D eigenvalue weighted by atomic mass is 16.5. The van der Waals surface area contributed by atoms with Crippen molar-refractivity contribution >= 4 is 5.91 Å². The zero-order chi connectivity index (χ0) is 13.5. The summed E-state index contributed by atoms with van der Waals surface area (Å²) in [5, 5.41) is 3.01. The van der Waals surface area contributed by atoms with Crippen LogP contribution in [-0.2, 0) is 16.0 Å². The standard InChI is InChI=1S/C15H22N2O2/c1-19-14-7-5-12(6-8-14)15(18)17-11-9-13-4-2-3-10-16-13/h2-4,10,12,14H,5-9,11H2,1H3,(H,17,18). The molecule has 2 rings (SSSR count). The maximum atomic E-state index is 12.0. The van der Waals surface area contributed by atoms with Gasteiger partial charge in [-0.05, 0) is 37.8 Å². The SMILES string of the molecule is COC1CCC(C(=O)NCCc2ccccn2)CC1. The number of pyridine rings is 1. The molecule has 1 aliphatic rings. The number of methoxy groups -OCH3 is 1. The Balaban J connectivity index is 1.67. The van der Waals surface area contributed by atoms with Gasteiger partial charge in [-0.15, -0.1) is 0 Å². The Labute approximate surface area is 114 Å². The van der Waals surface area contributed by atoms with E-state index in [1.807, 2.05) is 18.2 Å². The molecule has 1 aliphatic carbocycles. The summed E-state index contributed by atoms with van der Waals surface area (Å²) in [6.07, 6.45) is 6.78. The first-order valence-corrected chi connectivity index (χ1v) is 7.00. The van der Waals surface area contributed by atoms with Gasteiger partial charge in [0, 0.05) is 37.9 Å². The number of carbonyl (C=O) groups excluding carboxylic acids is 1. The Bertz CT molecular complexity index is 386. The van der Waals surface area contributed by atoms with Crippen LogP contribution in [0.3, 0.4) is 0 Å². The Morgan fingerprint density at radius 3 is 2.79 bits per heavy atom. The number of rotatable bonds is 5. The summed E-state index contributed by atoms with van der Waals surface area (Å²) >= 11 is 0. The minimum Gasteiger partial charge on any atom is -0.381 e. The lowest BCUT2D eigenvalue weighted by atomic mass is 9.87. The second-order valence-electron chi connectivity index (χ2n) is 5.07. The average molecular weight is 262 g/mol. The van der Waals surface area contributed by atoms with Crippen LogP contribution in [-0.4, -0.2) is 30.6 Å². The highest BCUT2D eigenvalue weighted by Crippen LogP contribution is 2.25. The molecule has 0 saturated heterocycles. The van der Waals surface area contributed by atoms with Gasteiger partial charge in [-0.1, -0.05) is 6.07 Å². The molecular formula is C15H22N2O2. The molecule has 0 aliphatic heterocycles. The Morgan fingerprint density at radius 2 is 2.16 bits per heavy atom. The predicted octanol–water partition coefficient (Wildman–Crippen LogP) is 1.95. The molecule has 1 aromatic rings. The van der Waals surface area contributed by atoms with Gasteiger partial charge < -0.3 is 10.1 Å². The van der Waals surface area contributed by atoms with E-state index in [2.05, 4.69) is 10.3 Å². The van der Waals surface area contributed by atoms with Gasteiger partial charge in [0.2, 0.25) is 5.91 Å². The van der Waals surface area contributed by atoms with Crippen LogP contribution >= 0.6 is 0 Å². The summed E-state index contributed by atoms with van der Waals surface area (Å²) in [6.45, 7) is 0.667. The van der Waals surface area contributed by atoms with Gasteiger partial charge in [-0.3, -0.25) is 9.78 Å². The monoisotopic (exact) mass is 262 g/mol. The lowest BCUT2D eigenvalue weighted by Gasteiger charge is -2.26. The van der Waals surface area contributed by atoms with Crippen LogP contribution in [0.5, 0.6) is 0 Å². The van der Waals surface area contributed by atoms with Gasteiger partial charge in [0.15, 0.2) is 0 Å². The predicted molar refractivity (Wildman–Crippen MR) is 73.7 cm³/mol. The molecule has 4 heteroatoms. The minimum atomic E-state index is 0.162. The quantitative estimate of drug-likeness (QED) is 0.882. The smallest absolute Gasteiger partial charge is 0.223 e. The molecule has 104 valence electrons. The number of carbonyl (C=O) groups is 1. The van der Waals surface area contributed by atoms with Crippen LogP contribution in [0.2, 0.25) is 0 Å². The maximum Gasteiger partial charge on any atom is 0.223 e. The van der Waals surface area contributed by atoms with Crippen molar-refractivity contribution in [3.63, 3.8) is 0 Å². The number of hydrogen-bond donors (Lipinski definition) is 1. The molecule has 0 atom stereocenters. The largest absolute Gasteiger partial charge is 0.381 e. The molecule has 4 nitrogen and oxygen atoms in total. The van der Waals surface area contributed by atoms with Gasteiger partial charge in [0.1, 0.15) is 0 Å². The molecule has 0 aromatic carbocycles. The van der Waals surface area contributed by atoms with Crippen LogP contribution in [0.1, 0.15) is 31.4 Å². The van der Waals surface area contributed by atoms with Gasteiger partial charge in [-0.2, -0.15) is 0 Å².